The molecule has 10 nitrogen and oxygen atoms in total. The maximum Gasteiger partial charge on any atom is 0.434 e. The second-order valence-electron chi connectivity index (χ2n) is 9.10. The molecule has 0 amide bonds. The van der Waals surface area contributed by atoms with Crippen LogP contribution in [0.1, 0.15) is 61.2 Å². The van der Waals surface area contributed by atoms with Crippen LogP contribution in [0.15, 0.2) is 23.2 Å². The fourth-order valence-electron chi connectivity index (χ4n) is 4.50. The van der Waals surface area contributed by atoms with Crippen molar-refractivity contribution >= 4 is 38.9 Å². The van der Waals surface area contributed by atoms with Gasteiger partial charge in [-0.05, 0) is 37.5 Å². The molecule has 206 valence electrons. The van der Waals surface area contributed by atoms with E-state index in [1.807, 2.05) is 18.4 Å². The van der Waals surface area contributed by atoms with E-state index in [4.69, 9.17) is 4.79 Å². The van der Waals surface area contributed by atoms with Crippen molar-refractivity contribution < 1.29 is 36.3 Å². The molecule has 4 rings (SSSR count). The summed E-state index contributed by atoms with van der Waals surface area (Å²) in [5.74, 6) is -0.579. The normalized spacial score (nSPS) is 15.7. The molecule has 0 unspecified atom stereocenters. The number of hydrogen-bond donors (Lipinski definition) is 1. The summed E-state index contributed by atoms with van der Waals surface area (Å²) < 4.78 is 67.3. The number of carbonyl (C=O) groups is 2. The molecule has 14 heteroatoms. The SMILES string of the molecule is CC(=O)c1cnc(N2CCn3c(nc4cc(CO)c(S(C)(=O)=O)cc43)[C@H]2C(C)C)nc1C(F)(F)F.CC=O. The van der Waals surface area contributed by atoms with Gasteiger partial charge in [-0.25, -0.2) is 23.4 Å². The summed E-state index contributed by atoms with van der Waals surface area (Å²) in [6.45, 7) is 6.25. The zero-order valence-corrected chi connectivity index (χ0v) is 22.3. The summed E-state index contributed by atoms with van der Waals surface area (Å²) in [5.41, 5.74) is -0.663. The summed E-state index contributed by atoms with van der Waals surface area (Å²) in [6, 6.07) is 2.46. The predicted molar refractivity (Wildman–Crippen MR) is 132 cm³/mol. The monoisotopic (exact) mass is 555 g/mol. The molecule has 2 aromatic heterocycles. The number of ketones is 1. The number of benzene rings is 1. The first-order valence-corrected chi connectivity index (χ1v) is 13.5. The molecular weight excluding hydrogens is 527 g/mol. The van der Waals surface area contributed by atoms with E-state index in [-0.39, 0.29) is 35.4 Å². The molecule has 0 spiro atoms. The van der Waals surface area contributed by atoms with Crippen molar-refractivity contribution in [3.63, 3.8) is 0 Å². The van der Waals surface area contributed by atoms with Crippen LogP contribution in [0.3, 0.4) is 0 Å². The molecule has 0 bridgehead atoms. The number of aldehydes is 1. The Morgan fingerprint density at radius 3 is 2.37 bits per heavy atom. The predicted octanol–water partition coefficient (Wildman–Crippen LogP) is 3.37. The van der Waals surface area contributed by atoms with Gasteiger partial charge in [0, 0.05) is 25.5 Å². The third-order valence-corrected chi connectivity index (χ3v) is 7.19. The van der Waals surface area contributed by atoms with Crippen molar-refractivity contribution in [3.05, 3.63) is 41.0 Å². The summed E-state index contributed by atoms with van der Waals surface area (Å²) in [5, 5.41) is 9.69. The minimum atomic E-state index is -4.84. The van der Waals surface area contributed by atoms with Crippen LogP contribution >= 0.6 is 0 Å². The Bertz CT molecular complexity index is 1480. The molecule has 0 aliphatic carbocycles. The molecule has 0 radical (unpaired) electrons. The molecule has 0 saturated carbocycles. The minimum absolute atomic E-state index is 0.00306. The Hall–Kier alpha value is -3.39. The van der Waals surface area contributed by atoms with Crippen LogP contribution in [0, 0.1) is 5.92 Å². The molecule has 38 heavy (non-hydrogen) atoms. The van der Waals surface area contributed by atoms with E-state index in [2.05, 4.69) is 15.0 Å². The molecule has 3 heterocycles. The summed E-state index contributed by atoms with van der Waals surface area (Å²) in [4.78, 5) is 34.6. The number of anilines is 1. The number of sulfone groups is 1. The lowest BCUT2D eigenvalue weighted by atomic mass is 10.00. The number of aliphatic hydroxyl groups is 1. The highest BCUT2D eigenvalue weighted by Gasteiger charge is 2.40. The summed E-state index contributed by atoms with van der Waals surface area (Å²) >= 11 is 0. The summed E-state index contributed by atoms with van der Waals surface area (Å²) in [7, 11) is -3.62. The van der Waals surface area contributed by atoms with Crippen LogP contribution in [-0.4, -0.2) is 57.9 Å². The second-order valence-corrected chi connectivity index (χ2v) is 11.1. The zero-order chi connectivity index (χ0) is 28.6. The zero-order valence-electron chi connectivity index (χ0n) is 21.4. The van der Waals surface area contributed by atoms with E-state index in [0.29, 0.717) is 16.9 Å². The smallest absolute Gasteiger partial charge is 0.392 e. The van der Waals surface area contributed by atoms with Gasteiger partial charge < -0.3 is 19.4 Å². The van der Waals surface area contributed by atoms with Gasteiger partial charge >= 0.3 is 6.18 Å². The van der Waals surface area contributed by atoms with Gasteiger partial charge in [0.25, 0.3) is 0 Å². The van der Waals surface area contributed by atoms with Gasteiger partial charge in [0.05, 0.1) is 34.1 Å². The molecule has 1 aliphatic rings. The molecule has 1 atom stereocenters. The highest BCUT2D eigenvalue weighted by molar-refractivity contribution is 7.90. The number of aromatic nitrogens is 4. The minimum Gasteiger partial charge on any atom is -0.392 e. The number of alkyl halides is 3. The van der Waals surface area contributed by atoms with Crippen molar-refractivity contribution in [1.82, 2.24) is 19.5 Å². The third-order valence-electron chi connectivity index (χ3n) is 6.01. The van der Waals surface area contributed by atoms with Crippen molar-refractivity contribution in [2.24, 2.45) is 5.92 Å². The number of fused-ring (bicyclic) bond motifs is 3. The van der Waals surface area contributed by atoms with Crippen LogP contribution in [0.5, 0.6) is 0 Å². The Balaban J connectivity index is 0.00000127. The van der Waals surface area contributed by atoms with Crippen molar-refractivity contribution in [2.75, 3.05) is 17.7 Å². The van der Waals surface area contributed by atoms with Crippen molar-refractivity contribution in [2.45, 2.75) is 58.0 Å². The topological polar surface area (TPSA) is 135 Å². The fourth-order valence-corrected chi connectivity index (χ4v) is 5.42. The second kappa shape index (κ2) is 10.8. The van der Waals surface area contributed by atoms with E-state index in [1.54, 1.807) is 4.90 Å². The molecule has 0 fully saturated rings. The van der Waals surface area contributed by atoms with Gasteiger partial charge in [0.1, 0.15) is 12.1 Å². The number of imidazole rings is 1. The van der Waals surface area contributed by atoms with E-state index in [9.17, 15) is 31.5 Å². The Kier molecular flexibility index (Phi) is 8.27. The lowest BCUT2D eigenvalue weighted by Crippen LogP contribution is -2.42. The Morgan fingerprint density at radius 1 is 1.24 bits per heavy atom. The van der Waals surface area contributed by atoms with Crippen LogP contribution in [0.25, 0.3) is 11.0 Å². The number of hydrogen-bond acceptors (Lipinski definition) is 9. The first-order valence-electron chi connectivity index (χ1n) is 11.6. The van der Waals surface area contributed by atoms with E-state index in [0.717, 1.165) is 25.7 Å². The lowest BCUT2D eigenvalue weighted by molar-refractivity contribution is -0.141. The largest absolute Gasteiger partial charge is 0.434 e. The van der Waals surface area contributed by atoms with E-state index >= 15 is 0 Å². The van der Waals surface area contributed by atoms with Gasteiger partial charge in [-0.3, -0.25) is 4.79 Å². The summed E-state index contributed by atoms with van der Waals surface area (Å²) in [6.07, 6.45) is -2.13. The van der Waals surface area contributed by atoms with E-state index < -0.39 is 45.7 Å². The van der Waals surface area contributed by atoms with Gasteiger partial charge in [-0.15, -0.1) is 0 Å². The number of carbonyl (C=O) groups excluding carboxylic acids is 2. The Morgan fingerprint density at radius 2 is 1.87 bits per heavy atom. The van der Waals surface area contributed by atoms with Gasteiger partial charge in [-0.1, -0.05) is 13.8 Å². The molecule has 1 aliphatic heterocycles. The third kappa shape index (κ3) is 5.55. The van der Waals surface area contributed by atoms with E-state index in [1.165, 1.54) is 19.1 Å². The van der Waals surface area contributed by atoms with Crippen LogP contribution in [0.2, 0.25) is 0 Å². The average Bonchev–Trinajstić information content (AvgIpc) is 3.18. The number of halogens is 3. The molecule has 3 aromatic rings. The van der Waals surface area contributed by atoms with Gasteiger partial charge in [-0.2, -0.15) is 13.2 Å². The maximum absolute atomic E-state index is 13.6. The van der Waals surface area contributed by atoms with Crippen LogP contribution < -0.4 is 4.90 Å². The molecular formula is C24H28F3N5O5S. The Labute approximate surface area is 217 Å². The maximum atomic E-state index is 13.6. The number of nitrogens with zero attached hydrogens (tertiary/aromatic N) is 5. The number of Topliss-reactive ketones (excluding diaryl/α,β-unsaturated/α-hetero) is 1. The van der Waals surface area contributed by atoms with Gasteiger partial charge in [0.2, 0.25) is 5.95 Å². The molecule has 0 saturated heterocycles. The van der Waals surface area contributed by atoms with Gasteiger partial charge in [0.15, 0.2) is 21.3 Å². The molecule has 1 N–H and O–H groups in total. The first-order chi connectivity index (χ1) is 17.6. The highest BCUT2D eigenvalue weighted by atomic mass is 32.2. The lowest BCUT2D eigenvalue weighted by Gasteiger charge is -2.38. The van der Waals surface area contributed by atoms with Crippen LogP contribution in [-0.2, 0) is 34.0 Å². The van der Waals surface area contributed by atoms with Crippen molar-refractivity contribution in [1.29, 1.82) is 0 Å². The first kappa shape index (κ1) is 29.2. The average molecular weight is 556 g/mol. The highest BCUT2D eigenvalue weighted by Crippen LogP contribution is 2.38. The fraction of sp³-hybridized carbons (Fsp3) is 0.458. The standard InChI is InChI=1S/C22H24F3N5O4S.C2H4O/c1-11(2)18-20-27-15-7-13(10-31)17(35(4,33)34)8-16(15)29(20)5-6-30(18)21-26-9-14(12(3)32)19(28-21)22(23,24)25;1-2-3/h7-9,11,18,31H,5-6,10H2,1-4H3;2H,1H3/t18-;/m1./s1. The van der Waals surface area contributed by atoms with Crippen LogP contribution in [0.4, 0.5) is 19.1 Å². The molecule has 1 aromatic carbocycles. The number of rotatable bonds is 5. The quantitative estimate of drug-likeness (QED) is 0.371. The number of aliphatic hydroxyl groups excluding tert-OH is 1. The van der Waals surface area contributed by atoms with Crippen molar-refractivity contribution in [3.8, 4) is 0 Å².